The van der Waals surface area contributed by atoms with E-state index in [-0.39, 0.29) is 18.5 Å². The van der Waals surface area contributed by atoms with Crippen LogP contribution in [-0.4, -0.2) is 29.1 Å². The number of amides is 1. The highest BCUT2D eigenvalue weighted by molar-refractivity contribution is 7.17. The van der Waals surface area contributed by atoms with Crippen LogP contribution < -0.4 is 4.90 Å². The van der Waals surface area contributed by atoms with Crippen LogP contribution in [-0.2, 0) is 22.5 Å². The van der Waals surface area contributed by atoms with Crippen LogP contribution in [0.1, 0.15) is 29.9 Å². The van der Waals surface area contributed by atoms with E-state index in [1.165, 1.54) is 5.56 Å². The molecule has 0 bridgehead atoms. The second kappa shape index (κ2) is 6.61. The highest BCUT2D eigenvalue weighted by atomic mass is 32.1. The Morgan fingerprint density at radius 2 is 2.08 bits per heavy atom. The molecular weight excluding hydrogens is 348 g/mol. The molecule has 0 saturated carbocycles. The van der Waals surface area contributed by atoms with Gasteiger partial charge in [-0.2, -0.15) is 0 Å². The minimum Gasteiger partial charge on any atom is -0.461 e. The van der Waals surface area contributed by atoms with Crippen LogP contribution in [0.15, 0.2) is 41.8 Å². The number of benzene rings is 1. The molecule has 3 aromatic rings. The van der Waals surface area contributed by atoms with Crippen molar-refractivity contribution in [2.45, 2.75) is 32.9 Å². The van der Waals surface area contributed by atoms with Crippen molar-refractivity contribution >= 4 is 39.1 Å². The first-order valence-corrected chi connectivity index (χ1v) is 9.62. The van der Waals surface area contributed by atoms with E-state index in [0.717, 1.165) is 22.3 Å². The number of rotatable bonds is 4. The molecule has 0 unspecified atom stereocenters. The fourth-order valence-electron chi connectivity index (χ4n) is 3.68. The molecule has 5 nitrogen and oxygen atoms in total. The zero-order valence-corrected chi connectivity index (χ0v) is 15.6. The molecule has 1 aliphatic heterocycles. The molecule has 6 heteroatoms. The summed E-state index contributed by atoms with van der Waals surface area (Å²) < 4.78 is 7.93. The molecule has 4 rings (SSSR count). The molecule has 26 heavy (non-hydrogen) atoms. The average Bonchev–Trinajstić information content (AvgIpc) is 3.28. The fraction of sp³-hybridized carbons (Fsp3) is 0.300. The summed E-state index contributed by atoms with van der Waals surface area (Å²) in [5.41, 5.74) is 3.48. The number of carbonyl (C=O) groups is 2. The van der Waals surface area contributed by atoms with Gasteiger partial charge < -0.3 is 14.2 Å². The number of aromatic nitrogens is 1. The summed E-state index contributed by atoms with van der Waals surface area (Å²) >= 11 is 1.55. The Bertz CT molecular complexity index is 988. The van der Waals surface area contributed by atoms with Gasteiger partial charge in [0.15, 0.2) is 0 Å². The summed E-state index contributed by atoms with van der Waals surface area (Å²) in [5.74, 6) is -0.407. The van der Waals surface area contributed by atoms with E-state index in [0.29, 0.717) is 12.3 Å². The van der Waals surface area contributed by atoms with Gasteiger partial charge in [0.2, 0.25) is 5.91 Å². The third-order valence-electron chi connectivity index (χ3n) is 4.78. The number of hydrogen-bond acceptors (Lipinski definition) is 4. The number of para-hydroxylation sites is 1. The summed E-state index contributed by atoms with van der Waals surface area (Å²) in [6.07, 6.45) is 0.853. The van der Waals surface area contributed by atoms with Crippen molar-refractivity contribution in [3.05, 3.63) is 53.0 Å². The average molecular weight is 368 g/mol. The molecular formula is C20H20N2O3S. The zero-order chi connectivity index (χ0) is 18.3. The standard InChI is InChI=1S/C20H20N2O3S/c1-3-25-20(24)17-11-18-16(8-9-26-18)21(17)12-19(23)22-13(2)10-14-6-4-5-7-15(14)22/h4-9,11,13H,3,10,12H2,1-2H3/t13-/m0/s1. The largest absolute Gasteiger partial charge is 0.461 e. The van der Waals surface area contributed by atoms with Crippen molar-refractivity contribution in [3.63, 3.8) is 0 Å². The zero-order valence-electron chi connectivity index (χ0n) is 14.8. The minimum absolute atomic E-state index is 0.0169. The first-order chi connectivity index (χ1) is 12.6. The third kappa shape index (κ3) is 2.70. The highest BCUT2D eigenvalue weighted by Gasteiger charge is 2.31. The Labute approximate surface area is 155 Å². The van der Waals surface area contributed by atoms with Crippen molar-refractivity contribution in [1.29, 1.82) is 0 Å². The van der Waals surface area contributed by atoms with E-state index >= 15 is 0 Å². The van der Waals surface area contributed by atoms with Crippen molar-refractivity contribution in [2.75, 3.05) is 11.5 Å². The van der Waals surface area contributed by atoms with Gasteiger partial charge in [0.25, 0.3) is 0 Å². The number of fused-ring (bicyclic) bond motifs is 2. The summed E-state index contributed by atoms with van der Waals surface area (Å²) in [6, 6.07) is 11.9. The van der Waals surface area contributed by atoms with Crippen molar-refractivity contribution in [2.24, 2.45) is 0 Å². The SMILES string of the molecule is CCOC(=O)c1cc2sccc2n1CC(=O)N1c2ccccc2C[C@@H]1C. The molecule has 0 fully saturated rings. The molecule has 0 saturated heterocycles. The molecule has 0 N–H and O–H groups in total. The minimum atomic E-state index is -0.390. The summed E-state index contributed by atoms with van der Waals surface area (Å²) in [7, 11) is 0. The molecule has 1 aliphatic rings. The Morgan fingerprint density at radius 3 is 2.88 bits per heavy atom. The van der Waals surface area contributed by atoms with Crippen LogP contribution in [0.5, 0.6) is 0 Å². The van der Waals surface area contributed by atoms with Crippen LogP contribution in [0.25, 0.3) is 10.2 Å². The van der Waals surface area contributed by atoms with E-state index in [9.17, 15) is 9.59 Å². The number of carbonyl (C=O) groups excluding carboxylic acids is 2. The fourth-order valence-corrected chi connectivity index (χ4v) is 4.50. The maximum absolute atomic E-state index is 13.1. The lowest BCUT2D eigenvalue weighted by Gasteiger charge is -2.23. The number of anilines is 1. The smallest absolute Gasteiger partial charge is 0.355 e. The molecule has 1 aromatic carbocycles. The number of hydrogen-bond donors (Lipinski definition) is 0. The van der Waals surface area contributed by atoms with Gasteiger partial charge in [-0.15, -0.1) is 11.3 Å². The van der Waals surface area contributed by atoms with Crippen molar-refractivity contribution < 1.29 is 14.3 Å². The Balaban J connectivity index is 1.69. The highest BCUT2D eigenvalue weighted by Crippen LogP contribution is 2.33. The van der Waals surface area contributed by atoms with Gasteiger partial charge in [0, 0.05) is 11.7 Å². The predicted molar refractivity (Wildman–Crippen MR) is 103 cm³/mol. The quantitative estimate of drug-likeness (QED) is 0.657. The predicted octanol–water partition coefficient (Wildman–Crippen LogP) is 3.86. The van der Waals surface area contributed by atoms with E-state index < -0.39 is 5.97 Å². The molecule has 0 aliphatic carbocycles. The number of esters is 1. The molecule has 0 radical (unpaired) electrons. The van der Waals surface area contributed by atoms with Gasteiger partial charge in [-0.1, -0.05) is 18.2 Å². The van der Waals surface area contributed by atoms with Crippen LogP contribution in [0.3, 0.4) is 0 Å². The van der Waals surface area contributed by atoms with E-state index in [1.54, 1.807) is 22.8 Å². The van der Waals surface area contributed by atoms with Gasteiger partial charge >= 0.3 is 5.97 Å². The van der Waals surface area contributed by atoms with Crippen LogP contribution in [0.4, 0.5) is 5.69 Å². The Morgan fingerprint density at radius 1 is 1.27 bits per heavy atom. The van der Waals surface area contributed by atoms with Crippen molar-refractivity contribution in [3.8, 4) is 0 Å². The molecule has 3 heterocycles. The van der Waals surface area contributed by atoms with Gasteiger partial charge in [0.05, 0.1) is 16.8 Å². The van der Waals surface area contributed by atoms with Gasteiger partial charge in [-0.05, 0) is 49.4 Å². The van der Waals surface area contributed by atoms with Crippen LogP contribution in [0, 0.1) is 0 Å². The van der Waals surface area contributed by atoms with Crippen LogP contribution >= 0.6 is 11.3 Å². The van der Waals surface area contributed by atoms with E-state index in [2.05, 4.69) is 13.0 Å². The van der Waals surface area contributed by atoms with E-state index in [4.69, 9.17) is 4.74 Å². The lowest BCUT2D eigenvalue weighted by atomic mass is 10.1. The molecule has 1 atom stereocenters. The van der Waals surface area contributed by atoms with Gasteiger partial charge in [0.1, 0.15) is 12.2 Å². The lowest BCUT2D eigenvalue weighted by molar-refractivity contribution is -0.119. The Kier molecular flexibility index (Phi) is 4.28. The molecule has 2 aromatic heterocycles. The maximum atomic E-state index is 13.1. The van der Waals surface area contributed by atoms with Gasteiger partial charge in [-0.3, -0.25) is 4.79 Å². The van der Waals surface area contributed by atoms with Crippen LogP contribution in [0.2, 0.25) is 0 Å². The Hall–Kier alpha value is -2.60. The van der Waals surface area contributed by atoms with Gasteiger partial charge in [-0.25, -0.2) is 4.79 Å². The van der Waals surface area contributed by atoms with E-state index in [1.807, 2.05) is 40.6 Å². The topological polar surface area (TPSA) is 51.5 Å². The normalized spacial score (nSPS) is 16.1. The first kappa shape index (κ1) is 16.8. The number of ether oxygens (including phenoxy) is 1. The molecule has 0 spiro atoms. The van der Waals surface area contributed by atoms with Crippen molar-refractivity contribution in [1.82, 2.24) is 4.57 Å². The first-order valence-electron chi connectivity index (χ1n) is 8.74. The third-order valence-corrected chi connectivity index (χ3v) is 5.63. The summed E-state index contributed by atoms with van der Waals surface area (Å²) in [6.45, 7) is 4.26. The second-order valence-electron chi connectivity index (χ2n) is 6.45. The monoisotopic (exact) mass is 368 g/mol. The molecule has 1 amide bonds. The number of thiophene rings is 1. The second-order valence-corrected chi connectivity index (χ2v) is 7.40. The molecule has 134 valence electrons. The lowest BCUT2D eigenvalue weighted by Crippen LogP contribution is -2.38. The number of nitrogens with zero attached hydrogens (tertiary/aromatic N) is 2. The summed E-state index contributed by atoms with van der Waals surface area (Å²) in [5, 5.41) is 1.97. The maximum Gasteiger partial charge on any atom is 0.355 e. The summed E-state index contributed by atoms with van der Waals surface area (Å²) in [4.78, 5) is 27.3.